The molecule has 0 spiro atoms. The maximum atomic E-state index is 11.5. The summed E-state index contributed by atoms with van der Waals surface area (Å²) in [7, 11) is 1.00. The number of amides is 1. The van der Waals surface area contributed by atoms with Crippen LogP contribution in [0.3, 0.4) is 0 Å². The zero-order chi connectivity index (χ0) is 36.4. The van der Waals surface area contributed by atoms with Gasteiger partial charge in [0.1, 0.15) is 19.3 Å². The summed E-state index contributed by atoms with van der Waals surface area (Å²) >= 11 is 0. The first-order valence-electron chi connectivity index (χ1n) is 18.0. The van der Waals surface area contributed by atoms with Crippen molar-refractivity contribution >= 4 is 12.4 Å². The van der Waals surface area contributed by atoms with Crippen molar-refractivity contribution in [3.05, 3.63) is 81.4 Å². The Morgan fingerprint density at radius 1 is 0.917 bits per heavy atom. The van der Waals surface area contributed by atoms with Crippen LogP contribution in [0.15, 0.2) is 54.6 Å². The van der Waals surface area contributed by atoms with Crippen LogP contribution < -0.4 is 5.32 Å². The Bertz CT molecular complexity index is 1030. The van der Waals surface area contributed by atoms with E-state index in [2.05, 4.69) is 61.3 Å². The molecule has 1 fully saturated rings. The zero-order valence-corrected chi connectivity index (χ0v) is 31.0. The van der Waals surface area contributed by atoms with Gasteiger partial charge < -0.3 is 20.0 Å². The van der Waals surface area contributed by atoms with Crippen LogP contribution in [-0.2, 0) is 38.8 Å². The monoisotopic (exact) mass is 674 g/mol. The highest BCUT2D eigenvalue weighted by molar-refractivity contribution is 5.77. The normalized spacial score (nSPS) is 14.8. The molecule has 1 aliphatic carbocycles. The second kappa shape index (κ2) is 33.4. The molecule has 0 saturated heterocycles. The lowest BCUT2D eigenvalue weighted by molar-refractivity contribution is -0.763. The van der Waals surface area contributed by atoms with Gasteiger partial charge in [0.25, 0.3) is 5.09 Å². The van der Waals surface area contributed by atoms with E-state index in [0.717, 1.165) is 18.9 Å². The predicted octanol–water partition coefficient (Wildman–Crippen LogP) is 9.41. The van der Waals surface area contributed by atoms with E-state index >= 15 is 0 Å². The minimum absolute atomic E-state index is 0.0546. The van der Waals surface area contributed by atoms with Gasteiger partial charge in [-0.05, 0) is 48.3 Å². The summed E-state index contributed by atoms with van der Waals surface area (Å²) in [6.45, 7) is 12.1. The number of carbonyl (C=O) groups is 2. The molecule has 0 aliphatic heterocycles. The molecule has 1 saturated carbocycles. The Labute approximate surface area is 291 Å². The van der Waals surface area contributed by atoms with Crippen molar-refractivity contribution in [3.63, 3.8) is 0 Å². The third kappa shape index (κ3) is 24.7. The van der Waals surface area contributed by atoms with Gasteiger partial charge in [-0.15, -0.1) is 10.1 Å². The topological polar surface area (TPSA) is 128 Å². The first-order chi connectivity index (χ1) is 23.3. The van der Waals surface area contributed by atoms with E-state index in [-0.39, 0.29) is 13.2 Å². The van der Waals surface area contributed by atoms with Gasteiger partial charge in [-0.1, -0.05) is 160 Å². The summed E-state index contributed by atoms with van der Waals surface area (Å²) in [6.07, 6.45) is 18.9. The number of aliphatic hydroxyl groups excluding tert-OH is 1. The Morgan fingerprint density at radius 2 is 1.48 bits per heavy atom. The van der Waals surface area contributed by atoms with Crippen molar-refractivity contribution in [2.75, 3.05) is 7.11 Å². The van der Waals surface area contributed by atoms with Crippen molar-refractivity contribution in [2.24, 2.45) is 11.8 Å². The standard InChI is InChI=1S/C17H26.C12H14N2O6.C7H16.C2H6.CH4O/c1-15-9-8-14-17(15)13-7-3-6-12-16-10-4-2-5-11-16;1-9(13-8-15)12(16)19-6-10-4-2-3-5-11(10)7-20-14(17)18;1-3-5-7-6-4-2;2*1-2/h2,4-5,10-11,15,17H,3,6-9,12-14H2,1H3;2-5,8-9H,6-7H2,1H3,(H,13,15);3-7H2,1-2H3;1-2H3;2H,1H3. The van der Waals surface area contributed by atoms with Crippen LogP contribution in [0.2, 0.25) is 0 Å². The molecule has 1 amide bonds. The quantitative estimate of drug-likeness (QED) is 0.0530. The highest BCUT2D eigenvalue weighted by atomic mass is 16.9. The van der Waals surface area contributed by atoms with Gasteiger partial charge in [-0.3, -0.25) is 4.79 Å². The molecular weight excluding hydrogens is 608 g/mol. The number of hydrogen-bond donors (Lipinski definition) is 2. The van der Waals surface area contributed by atoms with Gasteiger partial charge in [0, 0.05) is 7.11 Å². The van der Waals surface area contributed by atoms with Gasteiger partial charge >= 0.3 is 5.97 Å². The number of aliphatic hydroxyl groups is 1. The summed E-state index contributed by atoms with van der Waals surface area (Å²) < 4.78 is 5.00. The molecule has 48 heavy (non-hydrogen) atoms. The molecule has 0 heterocycles. The molecule has 0 radical (unpaired) electrons. The van der Waals surface area contributed by atoms with Crippen molar-refractivity contribution in [1.82, 2.24) is 5.32 Å². The van der Waals surface area contributed by atoms with Crippen LogP contribution in [-0.4, -0.2) is 35.7 Å². The number of nitrogens with zero attached hydrogens (tertiary/aromatic N) is 1. The van der Waals surface area contributed by atoms with Gasteiger partial charge in [0.05, 0.1) is 0 Å². The molecule has 9 heteroatoms. The number of benzene rings is 2. The van der Waals surface area contributed by atoms with Gasteiger partial charge in [-0.25, -0.2) is 4.79 Å². The largest absolute Gasteiger partial charge is 0.459 e. The number of unbranched alkanes of at least 4 members (excludes halogenated alkanes) is 6. The molecule has 1 aliphatic rings. The third-order valence-corrected chi connectivity index (χ3v) is 8.11. The Balaban J connectivity index is 0. The fraction of sp³-hybridized carbons (Fsp3) is 0.641. The van der Waals surface area contributed by atoms with Crippen LogP contribution in [0.4, 0.5) is 0 Å². The van der Waals surface area contributed by atoms with Crippen LogP contribution in [0.1, 0.15) is 135 Å². The number of nitrogens with one attached hydrogen (secondary N) is 1. The molecular formula is C39H66N2O7. The van der Waals surface area contributed by atoms with Crippen LogP contribution in [0, 0.1) is 22.0 Å². The number of aryl methyl sites for hydroxylation is 1. The van der Waals surface area contributed by atoms with E-state index in [1.54, 1.807) is 24.3 Å². The lowest BCUT2D eigenvalue weighted by Gasteiger charge is -2.14. The number of hydrogen-bond acceptors (Lipinski definition) is 7. The predicted molar refractivity (Wildman–Crippen MR) is 196 cm³/mol. The highest BCUT2D eigenvalue weighted by Gasteiger charge is 2.22. The van der Waals surface area contributed by atoms with Gasteiger partial charge in [0.15, 0.2) is 0 Å². The van der Waals surface area contributed by atoms with Crippen molar-refractivity contribution in [1.29, 1.82) is 0 Å². The van der Waals surface area contributed by atoms with Crippen LogP contribution in [0.25, 0.3) is 0 Å². The molecule has 9 nitrogen and oxygen atoms in total. The third-order valence-electron chi connectivity index (χ3n) is 8.11. The molecule has 0 aromatic heterocycles. The number of esters is 1. The second-order valence-electron chi connectivity index (χ2n) is 11.7. The molecule has 0 bridgehead atoms. The Kier molecular flexibility index (Phi) is 32.5. The lowest BCUT2D eigenvalue weighted by atomic mass is 9.92. The van der Waals surface area contributed by atoms with Crippen LogP contribution in [0.5, 0.6) is 0 Å². The summed E-state index contributed by atoms with van der Waals surface area (Å²) in [6, 6.07) is 16.9. The maximum Gasteiger partial charge on any atom is 0.328 e. The molecule has 2 aromatic carbocycles. The maximum absolute atomic E-state index is 11.5. The number of ether oxygens (including phenoxy) is 1. The van der Waals surface area contributed by atoms with E-state index in [1.807, 2.05) is 13.8 Å². The molecule has 3 unspecified atom stereocenters. The molecule has 2 aromatic rings. The fourth-order valence-corrected chi connectivity index (χ4v) is 5.29. The molecule has 3 rings (SSSR count). The summed E-state index contributed by atoms with van der Waals surface area (Å²) in [5.74, 6) is 1.46. The lowest BCUT2D eigenvalue weighted by Crippen LogP contribution is -2.34. The summed E-state index contributed by atoms with van der Waals surface area (Å²) in [4.78, 5) is 36.2. The van der Waals surface area contributed by atoms with Gasteiger partial charge in [0.2, 0.25) is 6.41 Å². The van der Waals surface area contributed by atoms with Gasteiger partial charge in [-0.2, -0.15) is 0 Å². The fourth-order valence-electron chi connectivity index (χ4n) is 5.29. The smallest absolute Gasteiger partial charge is 0.328 e. The SMILES string of the molecule is CC.CC(NC=O)C(=O)OCc1ccccc1CO[N+](=O)[O-].CC1CCCC1CCCCCc1ccccc1.CCCCCCC.CO. The minimum Gasteiger partial charge on any atom is -0.459 e. The molecule has 274 valence electrons. The molecule has 3 atom stereocenters. The summed E-state index contributed by atoms with van der Waals surface area (Å²) in [5, 5.41) is 18.5. The van der Waals surface area contributed by atoms with Crippen molar-refractivity contribution in [2.45, 2.75) is 144 Å². The minimum atomic E-state index is -0.890. The Hall–Kier alpha value is -3.46. The first kappa shape index (κ1) is 46.7. The van der Waals surface area contributed by atoms with Crippen molar-refractivity contribution < 1.29 is 29.4 Å². The van der Waals surface area contributed by atoms with Crippen LogP contribution >= 0.6 is 0 Å². The first-order valence-corrected chi connectivity index (χ1v) is 18.0. The average Bonchev–Trinajstić information content (AvgIpc) is 3.53. The molecule has 2 N–H and O–H groups in total. The van der Waals surface area contributed by atoms with E-state index in [9.17, 15) is 19.7 Å². The van der Waals surface area contributed by atoms with E-state index < -0.39 is 17.1 Å². The van der Waals surface area contributed by atoms with E-state index in [0.29, 0.717) is 17.5 Å². The highest BCUT2D eigenvalue weighted by Crippen LogP contribution is 2.34. The van der Waals surface area contributed by atoms with Crippen molar-refractivity contribution in [3.8, 4) is 0 Å². The number of carbonyl (C=O) groups excluding carboxylic acids is 2. The zero-order valence-electron chi connectivity index (χ0n) is 31.0. The van der Waals surface area contributed by atoms with E-state index in [4.69, 9.17) is 9.84 Å². The number of rotatable bonds is 18. The second-order valence-corrected chi connectivity index (χ2v) is 11.7. The Morgan fingerprint density at radius 3 is 2.00 bits per heavy atom. The average molecular weight is 675 g/mol. The van der Waals surface area contributed by atoms with E-state index in [1.165, 1.54) is 96.0 Å². The summed E-state index contributed by atoms with van der Waals surface area (Å²) in [5.41, 5.74) is 2.65.